The molecule has 2 N–H and O–H groups in total. The van der Waals surface area contributed by atoms with Crippen LogP contribution in [0.2, 0.25) is 0 Å². The summed E-state index contributed by atoms with van der Waals surface area (Å²) >= 11 is 0. The van der Waals surface area contributed by atoms with Crippen LogP contribution in [-0.2, 0) is 10.0 Å². The average Bonchev–Trinajstić information content (AvgIpc) is 2.79. The largest absolute Gasteiger partial charge is 0.311 e. The van der Waals surface area contributed by atoms with Gasteiger partial charge in [0.05, 0.1) is 4.92 Å². The Bertz CT molecular complexity index is 741. The van der Waals surface area contributed by atoms with Crippen LogP contribution in [0.1, 0.15) is 36.8 Å². The Balaban J connectivity index is 0.00000208. The first kappa shape index (κ1) is 19.1. The van der Waals surface area contributed by atoms with E-state index in [1.54, 1.807) is 19.9 Å². The van der Waals surface area contributed by atoms with E-state index in [4.69, 9.17) is 0 Å². The van der Waals surface area contributed by atoms with Crippen LogP contribution >= 0.6 is 12.4 Å². The second-order valence-corrected chi connectivity index (χ2v) is 8.19. The van der Waals surface area contributed by atoms with E-state index in [0.29, 0.717) is 17.6 Å². The molecule has 2 bridgehead atoms. The van der Waals surface area contributed by atoms with E-state index < -0.39 is 14.9 Å². The van der Waals surface area contributed by atoms with Crippen LogP contribution < -0.4 is 10.0 Å². The van der Waals surface area contributed by atoms with Crippen molar-refractivity contribution in [1.29, 1.82) is 0 Å². The molecule has 0 saturated carbocycles. The Morgan fingerprint density at radius 1 is 1.21 bits per heavy atom. The van der Waals surface area contributed by atoms with Gasteiger partial charge in [-0.05, 0) is 50.7 Å². The van der Waals surface area contributed by atoms with Crippen LogP contribution in [0, 0.1) is 24.0 Å². The summed E-state index contributed by atoms with van der Waals surface area (Å²) in [4.78, 5) is 10.4. The van der Waals surface area contributed by atoms with Crippen LogP contribution in [0.15, 0.2) is 17.0 Å². The summed E-state index contributed by atoms with van der Waals surface area (Å²) in [5.74, 6) is 0. The lowest BCUT2D eigenvalue weighted by Crippen LogP contribution is -2.48. The molecule has 0 amide bonds. The third-order valence-electron chi connectivity index (χ3n) is 4.92. The minimum Gasteiger partial charge on any atom is -0.311 e. The van der Waals surface area contributed by atoms with Gasteiger partial charge in [0.25, 0.3) is 5.69 Å². The molecule has 1 aromatic carbocycles. The third kappa shape index (κ3) is 3.56. The van der Waals surface area contributed by atoms with E-state index in [9.17, 15) is 18.5 Å². The number of nitrogens with one attached hydrogen (secondary N) is 2. The highest BCUT2D eigenvalue weighted by molar-refractivity contribution is 7.89. The topological polar surface area (TPSA) is 101 Å². The molecular formula is C15H22ClN3O4S. The molecule has 0 aliphatic carbocycles. The lowest BCUT2D eigenvalue weighted by Gasteiger charge is -2.29. The van der Waals surface area contributed by atoms with E-state index in [0.717, 1.165) is 31.2 Å². The maximum atomic E-state index is 12.8. The number of hydrogen-bond acceptors (Lipinski definition) is 5. The second kappa shape index (κ2) is 6.95. The quantitative estimate of drug-likeness (QED) is 0.620. The average molecular weight is 376 g/mol. The van der Waals surface area contributed by atoms with E-state index in [1.807, 2.05) is 0 Å². The number of aryl methyl sites for hydroxylation is 1. The predicted molar refractivity (Wildman–Crippen MR) is 93.1 cm³/mol. The van der Waals surface area contributed by atoms with Gasteiger partial charge in [-0.15, -0.1) is 12.4 Å². The summed E-state index contributed by atoms with van der Waals surface area (Å²) in [6.07, 6.45) is 3.59. The fourth-order valence-corrected chi connectivity index (χ4v) is 5.42. The summed E-state index contributed by atoms with van der Waals surface area (Å²) in [7, 11) is -3.93. The number of halogens is 1. The van der Waals surface area contributed by atoms with Crippen LogP contribution in [0.5, 0.6) is 0 Å². The number of hydrogen-bond donors (Lipinski definition) is 2. The molecule has 3 rings (SSSR count). The molecule has 9 heteroatoms. The normalized spacial score (nSPS) is 26.0. The first-order valence-electron chi connectivity index (χ1n) is 7.81. The van der Waals surface area contributed by atoms with Crippen LogP contribution in [-0.4, -0.2) is 31.5 Å². The molecule has 2 fully saturated rings. The molecule has 1 aromatic rings. The highest BCUT2D eigenvalue weighted by atomic mass is 35.5. The molecular weight excluding hydrogens is 354 g/mol. The molecule has 134 valence electrons. The molecule has 0 spiro atoms. The van der Waals surface area contributed by atoms with Crippen molar-refractivity contribution < 1.29 is 13.3 Å². The third-order valence-corrected chi connectivity index (χ3v) is 6.61. The minimum absolute atomic E-state index is 0. The molecule has 7 nitrogen and oxygen atoms in total. The maximum absolute atomic E-state index is 12.8. The van der Waals surface area contributed by atoms with Crippen LogP contribution in [0.3, 0.4) is 0 Å². The van der Waals surface area contributed by atoms with Crippen LogP contribution in [0.4, 0.5) is 5.69 Å². The Hall–Kier alpha value is -1.22. The van der Waals surface area contributed by atoms with Gasteiger partial charge < -0.3 is 5.32 Å². The lowest BCUT2D eigenvalue weighted by molar-refractivity contribution is -0.387. The van der Waals surface area contributed by atoms with Crippen molar-refractivity contribution in [2.24, 2.45) is 0 Å². The molecule has 2 aliphatic rings. The zero-order valence-corrected chi connectivity index (χ0v) is 15.2. The Morgan fingerprint density at radius 2 is 1.79 bits per heavy atom. The summed E-state index contributed by atoms with van der Waals surface area (Å²) < 4.78 is 28.3. The number of sulfonamides is 1. The lowest BCUT2D eigenvalue weighted by atomic mass is 10.0. The number of piperidine rings is 1. The van der Waals surface area contributed by atoms with E-state index in [-0.39, 0.29) is 29.0 Å². The number of rotatable bonds is 4. The van der Waals surface area contributed by atoms with Gasteiger partial charge in [-0.3, -0.25) is 10.1 Å². The molecule has 2 unspecified atom stereocenters. The van der Waals surface area contributed by atoms with Crippen molar-refractivity contribution in [1.82, 2.24) is 10.0 Å². The van der Waals surface area contributed by atoms with Crippen molar-refractivity contribution in [2.45, 2.75) is 62.6 Å². The Morgan fingerprint density at radius 3 is 2.33 bits per heavy atom. The number of benzene rings is 1. The second-order valence-electron chi connectivity index (χ2n) is 6.54. The summed E-state index contributed by atoms with van der Waals surface area (Å²) in [6.45, 7) is 3.37. The summed E-state index contributed by atoms with van der Waals surface area (Å²) in [5.41, 5.74) is 0.794. The first-order valence-corrected chi connectivity index (χ1v) is 9.29. The fourth-order valence-electron chi connectivity index (χ4n) is 3.69. The standard InChI is InChI=1S/C15H21N3O4S.ClH/c1-9-3-6-14(18(19)20)15(10(9)2)23(21,22)17-13-7-11-4-5-12(8-13)16-11;/h3,6,11-13,16-17H,4-5,7-8H2,1-2H3;1H. The number of nitro groups is 1. The van der Waals surface area contributed by atoms with Crippen molar-refractivity contribution in [3.8, 4) is 0 Å². The van der Waals surface area contributed by atoms with Gasteiger partial charge in [-0.1, -0.05) is 6.07 Å². The van der Waals surface area contributed by atoms with Gasteiger partial charge >= 0.3 is 0 Å². The van der Waals surface area contributed by atoms with Crippen molar-refractivity contribution in [3.63, 3.8) is 0 Å². The highest BCUT2D eigenvalue weighted by Crippen LogP contribution is 2.32. The van der Waals surface area contributed by atoms with Gasteiger partial charge in [-0.2, -0.15) is 0 Å². The molecule has 2 heterocycles. The van der Waals surface area contributed by atoms with Crippen molar-refractivity contribution in [2.75, 3.05) is 0 Å². The van der Waals surface area contributed by atoms with E-state index in [1.165, 1.54) is 6.07 Å². The summed E-state index contributed by atoms with van der Waals surface area (Å²) in [5, 5.41) is 14.7. The minimum atomic E-state index is -3.93. The zero-order valence-electron chi connectivity index (χ0n) is 13.6. The van der Waals surface area contributed by atoms with Gasteiger partial charge in [0.2, 0.25) is 10.0 Å². The van der Waals surface area contributed by atoms with Crippen molar-refractivity contribution in [3.05, 3.63) is 33.4 Å². The number of nitro benzene ring substituents is 1. The van der Waals surface area contributed by atoms with Gasteiger partial charge in [0, 0.05) is 24.2 Å². The number of nitrogens with zero attached hydrogens (tertiary/aromatic N) is 1. The Labute approximate surface area is 147 Å². The molecule has 2 atom stereocenters. The van der Waals surface area contributed by atoms with E-state index >= 15 is 0 Å². The molecule has 0 aromatic heterocycles. The number of fused-ring (bicyclic) bond motifs is 2. The molecule has 24 heavy (non-hydrogen) atoms. The smallest absolute Gasteiger partial charge is 0.289 e. The van der Waals surface area contributed by atoms with Gasteiger partial charge in [0.1, 0.15) is 0 Å². The predicted octanol–water partition coefficient (Wildman–Crippen LogP) is 2.19. The molecule has 2 saturated heterocycles. The van der Waals surface area contributed by atoms with Gasteiger partial charge in [-0.25, -0.2) is 13.1 Å². The molecule has 0 radical (unpaired) electrons. The zero-order chi connectivity index (χ0) is 16.8. The van der Waals surface area contributed by atoms with Crippen molar-refractivity contribution >= 4 is 28.1 Å². The SMILES string of the molecule is Cc1ccc([N+](=O)[O-])c(S(=O)(=O)NC2CC3CCC(C2)N3)c1C.Cl. The Kier molecular flexibility index (Phi) is 5.54. The monoisotopic (exact) mass is 375 g/mol. The summed E-state index contributed by atoms with van der Waals surface area (Å²) in [6, 6.07) is 3.36. The highest BCUT2D eigenvalue weighted by Gasteiger charge is 2.37. The first-order chi connectivity index (χ1) is 10.8. The maximum Gasteiger partial charge on any atom is 0.289 e. The van der Waals surface area contributed by atoms with Crippen LogP contribution in [0.25, 0.3) is 0 Å². The molecule has 2 aliphatic heterocycles. The van der Waals surface area contributed by atoms with E-state index in [2.05, 4.69) is 10.0 Å². The van der Waals surface area contributed by atoms with Gasteiger partial charge in [0.15, 0.2) is 4.90 Å². The fraction of sp³-hybridized carbons (Fsp3) is 0.600.